The molecule has 6 heteroatoms. The van der Waals surface area contributed by atoms with Crippen LogP contribution in [0.1, 0.15) is 290 Å². The van der Waals surface area contributed by atoms with Gasteiger partial charge in [0.25, 0.3) is 0 Å². The summed E-state index contributed by atoms with van der Waals surface area (Å²) in [4.78, 5) is 37.8. The Hall–Kier alpha value is -1.85. The largest absolute Gasteiger partial charge is 0.462 e. The molecule has 0 bridgehead atoms. The van der Waals surface area contributed by atoms with Crippen LogP contribution in [0.25, 0.3) is 0 Å². The van der Waals surface area contributed by atoms with E-state index in [9.17, 15) is 14.4 Å². The Morgan fingerprint density at radius 2 is 0.559 bits per heavy atom. The van der Waals surface area contributed by atoms with E-state index in [-0.39, 0.29) is 31.1 Å². The Kier molecular flexibility index (Phi) is 47.3. The van der Waals surface area contributed by atoms with Crippen molar-refractivity contribution in [1.82, 2.24) is 0 Å². The third kappa shape index (κ3) is 47.1. The van der Waals surface area contributed by atoms with Crippen molar-refractivity contribution in [2.75, 3.05) is 13.2 Å². The van der Waals surface area contributed by atoms with Gasteiger partial charge in [0.1, 0.15) is 13.2 Å². The van der Waals surface area contributed by atoms with Gasteiger partial charge >= 0.3 is 17.9 Å². The molecule has 0 aliphatic rings. The smallest absolute Gasteiger partial charge is 0.306 e. The molecule has 0 aromatic heterocycles. The molecule has 0 aliphatic heterocycles. The van der Waals surface area contributed by atoms with E-state index in [0.717, 1.165) is 64.2 Å². The minimum atomic E-state index is -0.766. The number of esters is 3. The van der Waals surface area contributed by atoms with E-state index in [4.69, 9.17) is 14.2 Å². The van der Waals surface area contributed by atoms with Crippen LogP contribution in [0.4, 0.5) is 0 Å². The molecule has 0 heterocycles. The Bertz CT molecular complexity index is 916. The molecule has 0 saturated heterocycles. The molecule has 0 spiro atoms. The molecule has 0 aromatic rings. The van der Waals surface area contributed by atoms with E-state index in [2.05, 4.69) is 32.9 Å². The van der Waals surface area contributed by atoms with Crippen LogP contribution < -0.4 is 0 Å². The molecule has 0 aromatic carbocycles. The Morgan fingerprint density at radius 3 is 0.847 bits per heavy atom. The van der Waals surface area contributed by atoms with Crippen LogP contribution >= 0.6 is 0 Å². The van der Waals surface area contributed by atoms with Crippen molar-refractivity contribution >= 4 is 17.9 Å². The number of hydrogen-bond acceptors (Lipinski definition) is 6. The van der Waals surface area contributed by atoms with Crippen molar-refractivity contribution in [2.45, 2.75) is 297 Å². The minimum Gasteiger partial charge on any atom is -0.462 e. The first-order valence-electron chi connectivity index (χ1n) is 26.2. The van der Waals surface area contributed by atoms with Crippen molar-refractivity contribution in [1.29, 1.82) is 0 Å². The first-order chi connectivity index (χ1) is 29.0. The van der Waals surface area contributed by atoms with Crippen molar-refractivity contribution in [2.24, 2.45) is 0 Å². The first-order valence-corrected chi connectivity index (χ1v) is 26.2. The lowest BCUT2D eigenvalue weighted by atomic mass is 10.0. The number of allylic oxidation sites excluding steroid dienone is 2. The molecule has 0 amide bonds. The SMILES string of the molecule is CCCCCCCC/C=C\CCCCCCCC(=O)OC(COC(=O)CCCCCCCCC)COC(=O)CCCCCCCCCCCCCCCCCCCCC. The van der Waals surface area contributed by atoms with Crippen molar-refractivity contribution < 1.29 is 28.6 Å². The number of rotatable bonds is 48. The van der Waals surface area contributed by atoms with E-state index in [0.29, 0.717) is 19.3 Å². The number of unbranched alkanes of at least 4 members (excludes halogenated alkanes) is 35. The maximum atomic E-state index is 12.7. The Morgan fingerprint density at radius 1 is 0.322 bits per heavy atom. The van der Waals surface area contributed by atoms with Crippen LogP contribution in [0.2, 0.25) is 0 Å². The molecule has 0 fully saturated rings. The molecule has 6 nitrogen and oxygen atoms in total. The average Bonchev–Trinajstić information content (AvgIpc) is 3.23. The standard InChI is InChI=1S/C53H100O6/c1-4-7-10-13-16-18-20-22-24-25-26-27-29-30-32-34-37-40-43-46-52(55)58-49-50(48-57-51(54)45-42-39-36-15-12-9-6-3)59-53(56)47-44-41-38-35-33-31-28-23-21-19-17-14-11-8-5-2/h23,28,50H,4-22,24-27,29-49H2,1-3H3/b28-23-. The van der Waals surface area contributed by atoms with Gasteiger partial charge in [-0.05, 0) is 44.9 Å². The van der Waals surface area contributed by atoms with Gasteiger partial charge in [0, 0.05) is 19.3 Å². The van der Waals surface area contributed by atoms with Gasteiger partial charge in [-0.2, -0.15) is 0 Å². The van der Waals surface area contributed by atoms with Gasteiger partial charge in [-0.3, -0.25) is 14.4 Å². The van der Waals surface area contributed by atoms with Crippen molar-refractivity contribution in [3.8, 4) is 0 Å². The maximum absolute atomic E-state index is 12.7. The summed E-state index contributed by atoms with van der Waals surface area (Å²) >= 11 is 0. The lowest BCUT2D eigenvalue weighted by Crippen LogP contribution is -2.30. The second-order valence-corrected chi connectivity index (χ2v) is 17.8. The summed E-state index contributed by atoms with van der Waals surface area (Å²) in [6.07, 6.45) is 53.6. The number of ether oxygens (including phenoxy) is 3. The highest BCUT2D eigenvalue weighted by molar-refractivity contribution is 5.71. The highest BCUT2D eigenvalue weighted by atomic mass is 16.6. The Balaban J connectivity index is 4.19. The third-order valence-corrected chi connectivity index (χ3v) is 11.8. The van der Waals surface area contributed by atoms with Gasteiger partial charge in [0.15, 0.2) is 6.10 Å². The van der Waals surface area contributed by atoms with Crippen LogP contribution in [-0.4, -0.2) is 37.2 Å². The van der Waals surface area contributed by atoms with Crippen LogP contribution in [0.3, 0.4) is 0 Å². The second-order valence-electron chi connectivity index (χ2n) is 17.8. The van der Waals surface area contributed by atoms with Gasteiger partial charge in [0.05, 0.1) is 0 Å². The van der Waals surface area contributed by atoms with E-state index in [1.54, 1.807) is 0 Å². The molecule has 0 radical (unpaired) electrons. The first kappa shape index (κ1) is 57.1. The average molecular weight is 833 g/mol. The highest BCUT2D eigenvalue weighted by Gasteiger charge is 2.19. The predicted octanol–water partition coefficient (Wildman–Crippen LogP) is 17.0. The monoisotopic (exact) mass is 833 g/mol. The van der Waals surface area contributed by atoms with E-state index in [1.165, 1.54) is 186 Å². The molecular formula is C53H100O6. The van der Waals surface area contributed by atoms with Crippen molar-refractivity contribution in [3.05, 3.63) is 12.2 Å². The van der Waals surface area contributed by atoms with E-state index >= 15 is 0 Å². The summed E-state index contributed by atoms with van der Waals surface area (Å²) in [6.45, 7) is 6.62. The maximum Gasteiger partial charge on any atom is 0.306 e. The minimum absolute atomic E-state index is 0.0687. The summed E-state index contributed by atoms with van der Waals surface area (Å²) in [6, 6.07) is 0. The predicted molar refractivity (Wildman–Crippen MR) is 252 cm³/mol. The number of hydrogen-bond donors (Lipinski definition) is 0. The zero-order chi connectivity index (χ0) is 43.0. The number of carbonyl (C=O) groups is 3. The normalized spacial score (nSPS) is 12.0. The summed E-state index contributed by atoms with van der Waals surface area (Å²) in [7, 11) is 0. The third-order valence-electron chi connectivity index (χ3n) is 11.8. The molecule has 1 unspecified atom stereocenters. The van der Waals surface area contributed by atoms with Crippen LogP contribution in [0, 0.1) is 0 Å². The van der Waals surface area contributed by atoms with Gasteiger partial charge < -0.3 is 14.2 Å². The zero-order valence-corrected chi connectivity index (χ0v) is 39.8. The van der Waals surface area contributed by atoms with Gasteiger partial charge in [-0.15, -0.1) is 0 Å². The molecule has 0 saturated carbocycles. The quantitative estimate of drug-likeness (QED) is 0.0263. The lowest BCUT2D eigenvalue weighted by molar-refractivity contribution is -0.167. The lowest BCUT2D eigenvalue weighted by Gasteiger charge is -2.18. The Labute approximate surface area is 367 Å². The zero-order valence-electron chi connectivity index (χ0n) is 39.8. The molecule has 0 N–H and O–H groups in total. The molecular weight excluding hydrogens is 733 g/mol. The molecule has 348 valence electrons. The second kappa shape index (κ2) is 48.8. The van der Waals surface area contributed by atoms with Crippen LogP contribution in [0.15, 0.2) is 12.2 Å². The van der Waals surface area contributed by atoms with Crippen LogP contribution in [0.5, 0.6) is 0 Å². The topological polar surface area (TPSA) is 78.9 Å². The molecule has 1 atom stereocenters. The van der Waals surface area contributed by atoms with Gasteiger partial charge in [0.2, 0.25) is 0 Å². The molecule has 0 aliphatic carbocycles. The highest BCUT2D eigenvalue weighted by Crippen LogP contribution is 2.16. The van der Waals surface area contributed by atoms with Crippen molar-refractivity contribution in [3.63, 3.8) is 0 Å². The summed E-state index contributed by atoms with van der Waals surface area (Å²) in [5, 5.41) is 0. The summed E-state index contributed by atoms with van der Waals surface area (Å²) < 4.78 is 16.7. The van der Waals surface area contributed by atoms with E-state index < -0.39 is 6.10 Å². The molecule has 0 rings (SSSR count). The molecule has 59 heavy (non-hydrogen) atoms. The summed E-state index contributed by atoms with van der Waals surface area (Å²) in [5.74, 6) is -0.868. The fraction of sp³-hybridized carbons (Fsp3) is 0.906. The van der Waals surface area contributed by atoms with Gasteiger partial charge in [-0.25, -0.2) is 0 Å². The van der Waals surface area contributed by atoms with Crippen LogP contribution in [-0.2, 0) is 28.6 Å². The number of carbonyl (C=O) groups excluding carboxylic acids is 3. The fourth-order valence-corrected chi connectivity index (χ4v) is 7.79. The van der Waals surface area contributed by atoms with Gasteiger partial charge in [-0.1, -0.05) is 238 Å². The fourth-order valence-electron chi connectivity index (χ4n) is 7.79. The van der Waals surface area contributed by atoms with E-state index in [1.807, 2.05) is 0 Å². The summed E-state index contributed by atoms with van der Waals surface area (Å²) in [5.41, 5.74) is 0.